The third-order valence-corrected chi connectivity index (χ3v) is 2.03. The zero-order chi connectivity index (χ0) is 12.9. The number of aryl methyl sites for hydroxylation is 1. The van der Waals surface area contributed by atoms with E-state index in [0.29, 0.717) is 12.4 Å². The highest BCUT2D eigenvalue weighted by Gasteiger charge is 1.96. The number of hydrogen-bond donors (Lipinski definition) is 1. The van der Waals surface area contributed by atoms with Crippen LogP contribution in [0.15, 0.2) is 30.3 Å². The molecule has 0 heterocycles. The van der Waals surface area contributed by atoms with Gasteiger partial charge in [-0.25, -0.2) is 0 Å². The van der Waals surface area contributed by atoms with Crippen molar-refractivity contribution in [1.82, 2.24) is 0 Å². The SMILES string of the molecule is O=C(O)CCCc1ccccc1.[B]C[B]C[B]. The highest BCUT2D eigenvalue weighted by atomic mass is 16.4. The summed E-state index contributed by atoms with van der Waals surface area (Å²) in [5.74, 6) is -0.717. The minimum Gasteiger partial charge on any atom is -0.481 e. The molecule has 2 nitrogen and oxygen atoms in total. The summed E-state index contributed by atoms with van der Waals surface area (Å²) in [6, 6.07) is 9.93. The van der Waals surface area contributed by atoms with Gasteiger partial charge >= 0.3 is 5.97 Å². The van der Waals surface area contributed by atoms with E-state index in [2.05, 4.69) is 0 Å². The van der Waals surface area contributed by atoms with Crippen LogP contribution < -0.4 is 0 Å². The molecule has 5 heteroatoms. The van der Waals surface area contributed by atoms with Crippen LogP contribution in [0.3, 0.4) is 0 Å². The largest absolute Gasteiger partial charge is 0.481 e. The molecule has 5 radical (unpaired) electrons. The van der Waals surface area contributed by atoms with Gasteiger partial charge in [0.1, 0.15) is 0 Å². The zero-order valence-corrected chi connectivity index (χ0v) is 10.0. The van der Waals surface area contributed by atoms with Crippen molar-refractivity contribution in [2.45, 2.75) is 31.7 Å². The van der Waals surface area contributed by atoms with Crippen molar-refractivity contribution in [3.63, 3.8) is 0 Å². The van der Waals surface area contributed by atoms with Crippen molar-refractivity contribution in [2.24, 2.45) is 0 Å². The predicted molar refractivity (Wildman–Crippen MR) is 73.9 cm³/mol. The van der Waals surface area contributed by atoms with E-state index in [1.807, 2.05) is 30.3 Å². The summed E-state index contributed by atoms with van der Waals surface area (Å²) in [4.78, 5) is 10.2. The molecule has 0 saturated heterocycles. The first kappa shape index (κ1) is 15.9. The Hall–Kier alpha value is -1.12. The second kappa shape index (κ2) is 11.4. The van der Waals surface area contributed by atoms with E-state index in [1.165, 1.54) is 5.56 Å². The molecule has 1 N–H and O–H groups in total. The van der Waals surface area contributed by atoms with Gasteiger partial charge < -0.3 is 5.11 Å². The first-order valence-electron chi connectivity index (χ1n) is 5.68. The molecule has 0 spiro atoms. The van der Waals surface area contributed by atoms with E-state index in [0.717, 1.165) is 12.8 Å². The number of rotatable bonds is 6. The van der Waals surface area contributed by atoms with Gasteiger partial charge in [0.2, 0.25) is 0 Å². The Morgan fingerprint density at radius 3 is 2.18 bits per heavy atom. The molecule has 0 bridgehead atoms. The lowest BCUT2D eigenvalue weighted by Crippen LogP contribution is -1.95. The third-order valence-electron chi connectivity index (χ3n) is 2.03. The van der Waals surface area contributed by atoms with Crippen molar-refractivity contribution in [2.75, 3.05) is 0 Å². The first-order chi connectivity index (χ1) is 8.20. The van der Waals surface area contributed by atoms with Crippen molar-refractivity contribution in [3.05, 3.63) is 35.9 Å². The van der Waals surface area contributed by atoms with Gasteiger partial charge in [-0.1, -0.05) is 30.3 Å². The minimum absolute atomic E-state index is 0.259. The number of carboxylic acids is 1. The van der Waals surface area contributed by atoms with Crippen molar-refractivity contribution in [3.8, 4) is 0 Å². The number of benzene rings is 1. The summed E-state index contributed by atoms with van der Waals surface area (Å²) in [5.41, 5.74) is 1.21. The highest BCUT2D eigenvalue weighted by molar-refractivity contribution is 6.54. The predicted octanol–water partition coefficient (Wildman–Crippen LogP) is 1.87. The quantitative estimate of drug-likeness (QED) is 0.750. The molecule has 0 aliphatic rings. The van der Waals surface area contributed by atoms with Crippen molar-refractivity contribution >= 4 is 28.9 Å². The van der Waals surface area contributed by atoms with Crippen LogP contribution in [-0.4, -0.2) is 34.0 Å². The molecule has 1 aromatic rings. The number of hydrogen-bond acceptors (Lipinski definition) is 1. The molecule has 17 heavy (non-hydrogen) atoms. The van der Waals surface area contributed by atoms with Gasteiger partial charge in [-0.15, -0.1) is 12.4 Å². The van der Waals surface area contributed by atoms with Gasteiger partial charge in [0, 0.05) is 6.42 Å². The molecule has 1 aromatic carbocycles. The van der Waals surface area contributed by atoms with Crippen molar-refractivity contribution < 1.29 is 9.90 Å². The normalized spacial score (nSPS) is 8.94. The van der Waals surface area contributed by atoms with Gasteiger partial charge in [-0.05, 0) is 18.4 Å². The molecule has 0 saturated carbocycles. The fourth-order valence-electron chi connectivity index (χ4n) is 1.18. The van der Waals surface area contributed by atoms with E-state index in [-0.39, 0.29) is 6.42 Å². The molecule has 0 aliphatic heterocycles. The number of aliphatic carboxylic acids is 1. The van der Waals surface area contributed by atoms with Crippen LogP contribution in [0.1, 0.15) is 18.4 Å². The van der Waals surface area contributed by atoms with Crippen LogP contribution in [0.4, 0.5) is 0 Å². The Morgan fingerprint density at radius 2 is 1.76 bits per heavy atom. The summed E-state index contributed by atoms with van der Waals surface area (Å²) in [7, 11) is 11.8. The van der Waals surface area contributed by atoms with Crippen molar-refractivity contribution in [1.29, 1.82) is 0 Å². The maximum absolute atomic E-state index is 10.2. The second-order valence-corrected chi connectivity index (χ2v) is 3.49. The Bertz CT molecular complexity index is 289. The fraction of sp³-hybridized carbons (Fsp3) is 0.417. The minimum atomic E-state index is -0.717. The Balaban J connectivity index is 0.000000437. The van der Waals surface area contributed by atoms with Gasteiger partial charge in [-0.2, -0.15) is 0 Å². The average Bonchev–Trinajstić information content (AvgIpc) is 2.32. The topological polar surface area (TPSA) is 37.3 Å². The molecule has 0 aromatic heterocycles. The van der Waals surface area contributed by atoms with Gasteiger partial charge in [0.15, 0.2) is 0 Å². The molecule has 0 unspecified atom stereocenters. The monoisotopic (exact) mass is 225 g/mol. The molecule has 0 fully saturated rings. The summed E-state index contributed by atoms with van der Waals surface area (Å²) in [5, 5.41) is 8.39. The standard InChI is InChI=1S/C10H12O2.C2H4B3/c11-10(12)8-4-7-9-5-2-1-3-6-9;3-1-5-2-4/h1-3,5-6H,4,7-8H2,(H,11,12);1-2H2. The number of carboxylic acid groups (broad SMARTS) is 1. The summed E-state index contributed by atoms with van der Waals surface area (Å²) in [6.45, 7) is 0. The molecule has 85 valence electrons. The maximum atomic E-state index is 10.2. The van der Waals surface area contributed by atoms with Crippen LogP contribution in [0.25, 0.3) is 0 Å². The smallest absolute Gasteiger partial charge is 0.303 e. The lowest BCUT2D eigenvalue weighted by molar-refractivity contribution is -0.137. The molecular formula is C12H16B3O2. The maximum Gasteiger partial charge on any atom is 0.303 e. The van der Waals surface area contributed by atoms with Crippen LogP contribution >= 0.6 is 0 Å². The second-order valence-electron chi connectivity index (χ2n) is 3.49. The van der Waals surface area contributed by atoms with Crippen LogP contribution in [-0.2, 0) is 11.2 Å². The fourth-order valence-corrected chi connectivity index (χ4v) is 1.18. The Labute approximate surface area is 107 Å². The zero-order valence-electron chi connectivity index (χ0n) is 10.0. The van der Waals surface area contributed by atoms with Crippen LogP contribution in [0.5, 0.6) is 0 Å². The molecular weight excluding hydrogens is 209 g/mol. The molecule has 0 aliphatic carbocycles. The van der Waals surface area contributed by atoms with Crippen LogP contribution in [0.2, 0.25) is 12.4 Å². The Kier molecular flexibility index (Phi) is 10.6. The van der Waals surface area contributed by atoms with Gasteiger partial charge in [0.25, 0.3) is 0 Å². The summed E-state index contributed by atoms with van der Waals surface area (Å²) in [6.07, 6.45) is 3.02. The third kappa shape index (κ3) is 11.2. The molecule has 0 amide bonds. The summed E-state index contributed by atoms with van der Waals surface area (Å²) < 4.78 is 0. The number of carbonyl (C=O) groups is 1. The average molecular weight is 225 g/mol. The molecule has 1 rings (SSSR count). The summed E-state index contributed by atoms with van der Waals surface area (Å²) >= 11 is 0. The first-order valence-corrected chi connectivity index (χ1v) is 5.68. The lowest BCUT2D eigenvalue weighted by atomic mass is 9.58. The van der Waals surface area contributed by atoms with E-state index in [4.69, 9.17) is 20.8 Å². The molecule has 0 atom stereocenters. The van der Waals surface area contributed by atoms with E-state index in [9.17, 15) is 4.79 Å². The lowest BCUT2D eigenvalue weighted by Gasteiger charge is -1.97. The van der Waals surface area contributed by atoms with E-state index < -0.39 is 5.97 Å². The van der Waals surface area contributed by atoms with Crippen LogP contribution in [0, 0.1) is 0 Å². The van der Waals surface area contributed by atoms with E-state index >= 15 is 0 Å². The highest BCUT2D eigenvalue weighted by Crippen LogP contribution is 2.03. The van der Waals surface area contributed by atoms with E-state index in [1.54, 1.807) is 7.28 Å². The van der Waals surface area contributed by atoms with Gasteiger partial charge in [-0.3, -0.25) is 4.79 Å². The van der Waals surface area contributed by atoms with Gasteiger partial charge in [0.05, 0.1) is 23.0 Å². The Morgan fingerprint density at radius 1 is 1.18 bits per heavy atom.